The van der Waals surface area contributed by atoms with Crippen LogP contribution in [-0.4, -0.2) is 40.2 Å². The van der Waals surface area contributed by atoms with E-state index in [1.54, 1.807) is 4.90 Å². The number of carbonyl (C=O) groups excluding carboxylic acids is 1. The molecule has 1 fully saturated rings. The number of likely N-dealkylation sites (tertiary alicyclic amines) is 1. The van der Waals surface area contributed by atoms with Crippen LogP contribution in [0.15, 0.2) is 18.2 Å². The number of rotatable bonds is 1. The highest BCUT2D eigenvalue weighted by Crippen LogP contribution is 2.30. The van der Waals surface area contributed by atoms with Gasteiger partial charge in [-0.2, -0.15) is 0 Å². The lowest BCUT2D eigenvalue weighted by atomic mass is 10.1. The molecule has 2 unspecified atom stereocenters. The molecule has 0 aromatic heterocycles. The fourth-order valence-electron chi connectivity index (χ4n) is 2.03. The maximum Gasteiger partial charge on any atom is 0.257 e. The summed E-state index contributed by atoms with van der Waals surface area (Å²) in [4.78, 5) is 13.7. The number of hydrogen-bond acceptors (Lipinski definition) is 4. The molecule has 17 heavy (non-hydrogen) atoms. The minimum atomic E-state index is -0.370. The van der Waals surface area contributed by atoms with Gasteiger partial charge < -0.3 is 20.8 Å². The molecule has 0 radical (unpaired) electrons. The van der Waals surface area contributed by atoms with Gasteiger partial charge in [-0.1, -0.05) is 13.0 Å². The Kier molecular flexibility index (Phi) is 2.93. The second kappa shape index (κ2) is 4.25. The summed E-state index contributed by atoms with van der Waals surface area (Å²) in [5.74, 6) is -0.699. The summed E-state index contributed by atoms with van der Waals surface area (Å²) in [6.45, 7) is 3.05. The Morgan fingerprint density at radius 3 is 2.71 bits per heavy atom. The Hall–Kier alpha value is -1.75. The average molecular weight is 236 g/mol. The minimum Gasteiger partial charge on any atom is -0.504 e. The maximum absolute atomic E-state index is 12.1. The quantitative estimate of drug-likeness (QED) is 0.620. The number of phenols is 2. The van der Waals surface area contributed by atoms with Crippen LogP contribution in [-0.2, 0) is 0 Å². The second-order valence-corrected chi connectivity index (χ2v) is 4.52. The lowest BCUT2D eigenvalue weighted by molar-refractivity contribution is 0.0783. The van der Waals surface area contributed by atoms with Gasteiger partial charge in [0.25, 0.3) is 5.91 Å². The zero-order valence-corrected chi connectivity index (χ0v) is 9.63. The van der Waals surface area contributed by atoms with Crippen molar-refractivity contribution < 1.29 is 15.0 Å². The SMILES string of the molecule is CC1CN(C(=O)c2cccc(O)c2O)CC1N. The highest BCUT2D eigenvalue weighted by molar-refractivity contribution is 5.97. The monoisotopic (exact) mass is 236 g/mol. The summed E-state index contributed by atoms with van der Waals surface area (Å²) in [5.41, 5.74) is 5.96. The zero-order valence-electron chi connectivity index (χ0n) is 9.63. The first-order valence-corrected chi connectivity index (χ1v) is 5.56. The lowest BCUT2D eigenvalue weighted by Crippen LogP contribution is -2.32. The molecule has 5 nitrogen and oxygen atoms in total. The zero-order chi connectivity index (χ0) is 12.6. The van der Waals surface area contributed by atoms with Crippen molar-refractivity contribution in [3.8, 4) is 11.5 Å². The summed E-state index contributed by atoms with van der Waals surface area (Å²) in [5, 5.41) is 19.0. The normalized spacial score (nSPS) is 24.0. The minimum absolute atomic E-state index is 0.0293. The molecule has 92 valence electrons. The van der Waals surface area contributed by atoms with Crippen molar-refractivity contribution in [2.75, 3.05) is 13.1 Å². The molecule has 0 spiro atoms. The van der Waals surface area contributed by atoms with Gasteiger partial charge in [-0.25, -0.2) is 0 Å². The maximum atomic E-state index is 12.1. The van der Waals surface area contributed by atoms with E-state index < -0.39 is 0 Å². The molecule has 4 N–H and O–H groups in total. The number of aromatic hydroxyl groups is 2. The van der Waals surface area contributed by atoms with Crippen LogP contribution in [0, 0.1) is 5.92 Å². The predicted octanol–water partition coefficient (Wildman–Crippen LogP) is 0.517. The fraction of sp³-hybridized carbons (Fsp3) is 0.417. The summed E-state index contributed by atoms with van der Waals surface area (Å²) < 4.78 is 0. The highest BCUT2D eigenvalue weighted by atomic mass is 16.3. The molecule has 1 amide bonds. The Morgan fingerprint density at radius 2 is 2.12 bits per heavy atom. The Bertz CT molecular complexity index is 437. The Balaban J connectivity index is 2.24. The van der Waals surface area contributed by atoms with Gasteiger partial charge in [0, 0.05) is 19.1 Å². The van der Waals surface area contributed by atoms with E-state index >= 15 is 0 Å². The van der Waals surface area contributed by atoms with E-state index in [2.05, 4.69) is 0 Å². The van der Waals surface area contributed by atoms with Crippen molar-refractivity contribution in [2.45, 2.75) is 13.0 Å². The van der Waals surface area contributed by atoms with Gasteiger partial charge in [0.1, 0.15) is 0 Å². The number of nitrogens with two attached hydrogens (primary N) is 1. The highest BCUT2D eigenvalue weighted by Gasteiger charge is 2.31. The van der Waals surface area contributed by atoms with Gasteiger partial charge in [-0.15, -0.1) is 0 Å². The van der Waals surface area contributed by atoms with Crippen molar-refractivity contribution in [1.29, 1.82) is 0 Å². The summed E-state index contributed by atoms with van der Waals surface area (Å²) >= 11 is 0. The first-order chi connectivity index (χ1) is 8.00. The summed E-state index contributed by atoms with van der Waals surface area (Å²) in [7, 11) is 0. The van der Waals surface area contributed by atoms with Crippen LogP contribution >= 0.6 is 0 Å². The third kappa shape index (κ3) is 2.06. The van der Waals surface area contributed by atoms with Crippen molar-refractivity contribution in [1.82, 2.24) is 4.90 Å². The first-order valence-electron chi connectivity index (χ1n) is 5.56. The van der Waals surface area contributed by atoms with Crippen molar-refractivity contribution in [3.63, 3.8) is 0 Å². The fourth-order valence-corrected chi connectivity index (χ4v) is 2.03. The molecule has 2 atom stereocenters. The predicted molar refractivity (Wildman–Crippen MR) is 62.8 cm³/mol. The van der Waals surface area contributed by atoms with Gasteiger partial charge in [0.05, 0.1) is 5.56 Å². The number of hydrogen-bond donors (Lipinski definition) is 3. The molecular weight excluding hydrogens is 220 g/mol. The van der Waals surface area contributed by atoms with E-state index in [0.29, 0.717) is 13.1 Å². The topological polar surface area (TPSA) is 86.8 Å². The van der Waals surface area contributed by atoms with Gasteiger partial charge >= 0.3 is 0 Å². The van der Waals surface area contributed by atoms with E-state index in [0.717, 1.165) is 0 Å². The molecule has 1 heterocycles. The number of para-hydroxylation sites is 1. The van der Waals surface area contributed by atoms with E-state index in [1.165, 1.54) is 18.2 Å². The van der Waals surface area contributed by atoms with E-state index in [-0.39, 0.29) is 34.9 Å². The van der Waals surface area contributed by atoms with Gasteiger partial charge in [-0.05, 0) is 18.1 Å². The summed E-state index contributed by atoms with van der Waals surface area (Å²) in [6.07, 6.45) is 0. The van der Waals surface area contributed by atoms with Gasteiger partial charge in [0.15, 0.2) is 11.5 Å². The molecule has 0 bridgehead atoms. The third-order valence-corrected chi connectivity index (χ3v) is 3.20. The molecule has 5 heteroatoms. The second-order valence-electron chi connectivity index (χ2n) is 4.52. The Labute approximate surface area is 99.5 Å². The van der Waals surface area contributed by atoms with Crippen LogP contribution in [0.25, 0.3) is 0 Å². The lowest BCUT2D eigenvalue weighted by Gasteiger charge is -2.16. The van der Waals surface area contributed by atoms with Crippen molar-refractivity contribution in [3.05, 3.63) is 23.8 Å². The van der Waals surface area contributed by atoms with Crippen LogP contribution in [0.4, 0.5) is 0 Å². The van der Waals surface area contributed by atoms with E-state index in [1.807, 2.05) is 6.92 Å². The molecule has 2 rings (SSSR count). The van der Waals surface area contributed by atoms with Crippen LogP contribution in [0.3, 0.4) is 0 Å². The van der Waals surface area contributed by atoms with Gasteiger partial charge in [0.2, 0.25) is 0 Å². The number of benzene rings is 1. The van der Waals surface area contributed by atoms with Gasteiger partial charge in [-0.3, -0.25) is 4.79 Å². The number of nitrogens with zero attached hydrogens (tertiary/aromatic N) is 1. The molecule has 1 aromatic rings. The standard InChI is InChI=1S/C12H16N2O3/c1-7-5-14(6-9(7)13)12(17)8-3-2-4-10(15)11(8)16/h2-4,7,9,15-16H,5-6,13H2,1H3. The van der Waals surface area contributed by atoms with Crippen molar-refractivity contribution in [2.24, 2.45) is 11.7 Å². The largest absolute Gasteiger partial charge is 0.504 e. The molecule has 1 aliphatic rings. The van der Waals surface area contributed by atoms with Crippen LogP contribution in [0.1, 0.15) is 17.3 Å². The molecule has 0 aliphatic carbocycles. The van der Waals surface area contributed by atoms with Crippen molar-refractivity contribution >= 4 is 5.91 Å². The summed E-state index contributed by atoms with van der Waals surface area (Å²) in [6, 6.07) is 4.33. The molecule has 1 aromatic carbocycles. The molecule has 1 aliphatic heterocycles. The van der Waals surface area contributed by atoms with Crippen LogP contribution in [0.2, 0.25) is 0 Å². The molecular formula is C12H16N2O3. The average Bonchev–Trinajstić information content (AvgIpc) is 2.62. The smallest absolute Gasteiger partial charge is 0.257 e. The van der Waals surface area contributed by atoms with E-state index in [9.17, 15) is 15.0 Å². The number of amides is 1. The molecule has 0 saturated carbocycles. The number of carbonyl (C=O) groups is 1. The van der Waals surface area contributed by atoms with Crippen LogP contribution < -0.4 is 5.73 Å². The van der Waals surface area contributed by atoms with Crippen LogP contribution in [0.5, 0.6) is 11.5 Å². The third-order valence-electron chi connectivity index (χ3n) is 3.20. The first kappa shape index (κ1) is 11.7. The van der Waals surface area contributed by atoms with E-state index in [4.69, 9.17) is 5.73 Å². The number of phenolic OH excluding ortho intramolecular Hbond substituents is 2. The Morgan fingerprint density at radius 1 is 1.41 bits per heavy atom. The molecule has 1 saturated heterocycles.